The highest BCUT2D eigenvalue weighted by Crippen LogP contribution is 2.38. The van der Waals surface area contributed by atoms with Gasteiger partial charge in [0.25, 0.3) is 23.4 Å². The molecule has 0 spiro atoms. The fourth-order valence-corrected chi connectivity index (χ4v) is 4.24. The first kappa shape index (κ1) is 22.1. The third-order valence-corrected chi connectivity index (χ3v) is 5.97. The van der Waals surface area contributed by atoms with Crippen molar-refractivity contribution in [2.45, 2.75) is 19.8 Å². The summed E-state index contributed by atoms with van der Waals surface area (Å²) < 4.78 is 0. The summed E-state index contributed by atoms with van der Waals surface area (Å²) in [5.41, 5.74) is 0.872. The molecule has 0 aromatic heterocycles. The number of amides is 3. The Morgan fingerprint density at radius 1 is 1.03 bits per heavy atom. The highest BCUT2D eigenvalue weighted by Gasteiger charge is 2.51. The molecule has 2 atom stereocenters. The minimum atomic E-state index is -0.840. The molecule has 9 heteroatoms. The quantitative estimate of drug-likeness (QED) is 0.221. The first-order chi connectivity index (χ1) is 15.8. The summed E-state index contributed by atoms with van der Waals surface area (Å²) in [4.78, 5) is 63.3. The molecule has 2 aromatic carbocycles. The number of carbonyl (C=O) groups excluding carboxylic acids is 4. The van der Waals surface area contributed by atoms with Crippen molar-refractivity contribution in [2.75, 3.05) is 6.54 Å². The number of ketones is 1. The molecule has 0 unspecified atom stereocenters. The molecular weight excluding hydrogens is 426 g/mol. The maximum absolute atomic E-state index is 13.4. The van der Waals surface area contributed by atoms with Gasteiger partial charge in [-0.1, -0.05) is 48.0 Å². The Morgan fingerprint density at radius 3 is 2.39 bits per heavy atom. The van der Waals surface area contributed by atoms with Crippen LogP contribution in [0.5, 0.6) is 0 Å². The lowest BCUT2D eigenvalue weighted by Crippen LogP contribution is -2.52. The lowest BCUT2D eigenvalue weighted by Gasteiger charge is -2.30. The Hall–Kier alpha value is -4.14. The van der Waals surface area contributed by atoms with Crippen molar-refractivity contribution in [1.82, 2.24) is 10.0 Å². The van der Waals surface area contributed by atoms with Crippen LogP contribution in [0.25, 0.3) is 0 Å². The molecule has 33 heavy (non-hydrogen) atoms. The number of non-ortho nitro benzene ring substituents is 1. The molecule has 9 nitrogen and oxygen atoms in total. The summed E-state index contributed by atoms with van der Waals surface area (Å²) in [5, 5.41) is 12.8. The van der Waals surface area contributed by atoms with Crippen LogP contribution in [0.2, 0.25) is 0 Å². The van der Waals surface area contributed by atoms with Crippen molar-refractivity contribution < 1.29 is 24.1 Å². The third-order valence-electron chi connectivity index (χ3n) is 5.97. The van der Waals surface area contributed by atoms with Gasteiger partial charge in [0.15, 0.2) is 5.78 Å². The molecule has 1 aliphatic heterocycles. The number of Topliss-reactive ketones (excluding diaryl/α,β-unsaturated/α-hetero) is 1. The molecule has 1 saturated heterocycles. The minimum absolute atomic E-state index is 0.102. The number of nitro groups is 1. The number of fused-ring (bicyclic) bond motifs is 1. The van der Waals surface area contributed by atoms with E-state index in [9.17, 15) is 29.3 Å². The van der Waals surface area contributed by atoms with Gasteiger partial charge in [0.05, 0.1) is 16.8 Å². The van der Waals surface area contributed by atoms with Crippen LogP contribution in [-0.4, -0.2) is 45.0 Å². The van der Waals surface area contributed by atoms with Crippen LogP contribution in [0, 0.1) is 22.0 Å². The number of hydrazine groups is 1. The molecule has 3 amide bonds. The van der Waals surface area contributed by atoms with Gasteiger partial charge in [-0.15, -0.1) is 0 Å². The predicted molar refractivity (Wildman–Crippen MR) is 117 cm³/mol. The van der Waals surface area contributed by atoms with E-state index in [1.165, 1.54) is 18.2 Å². The lowest BCUT2D eigenvalue weighted by atomic mass is 9.82. The van der Waals surface area contributed by atoms with E-state index >= 15 is 0 Å². The van der Waals surface area contributed by atoms with Crippen molar-refractivity contribution >= 4 is 29.2 Å². The first-order valence-corrected chi connectivity index (χ1v) is 10.5. The summed E-state index contributed by atoms with van der Waals surface area (Å²) in [6.45, 7) is 1.32. The summed E-state index contributed by atoms with van der Waals surface area (Å²) in [7, 11) is 0. The van der Waals surface area contributed by atoms with Gasteiger partial charge in [-0.3, -0.25) is 29.3 Å². The van der Waals surface area contributed by atoms with E-state index in [0.717, 1.165) is 21.7 Å². The molecule has 1 heterocycles. The highest BCUT2D eigenvalue weighted by atomic mass is 16.6. The minimum Gasteiger partial charge on any atom is -0.292 e. The maximum atomic E-state index is 13.4. The smallest absolute Gasteiger partial charge is 0.273 e. The molecule has 2 aromatic rings. The fraction of sp³-hybridized carbons (Fsp3) is 0.250. The van der Waals surface area contributed by atoms with Gasteiger partial charge in [0.1, 0.15) is 6.54 Å². The maximum Gasteiger partial charge on any atom is 0.273 e. The number of nitrogens with zero attached hydrogens (tertiary/aromatic N) is 3. The molecule has 2 aliphatic rings. The number of hydrogen-bond acceptors (Lipinski definition) is 6. The molecule has 0 N–H and O–H groups in total. The third kappa shape index (κ3) is 4.17. The number of allylic oxidation sites excluding steroid dienone is 2. The van der Waals surface area contributed by atoms with Crippen LogP contribution in [0.1, 0.15) is 40.5 Å². The van der Waals surface area contributed by atoms with E-state index < -0.39 is 46.8 Å². The molecule has 168 valence electrons. The second kappa shape index (κ2) is 8.78. The van der Waals surface area contributed by atoms with Crippen LogP contribution >= 0.6 is 0 Å². The number of carbonyl (C=O) groups is 4. The second-order valence-electron chi connectivity index (χ2n) is 8.15. The average molecular weight is 447 g/mol. The Bertz CT molecular complexity index is 1190. The van der Waals surface area contributed by atoms with Crippen LogP contribution in [0.4, 0.5) is 5.69 Å². The zero-order valence-corrected chi connectivity index (χ0v) is 17.8. The predicted octanol–water partition coefficient (Wildman–Crippen LogP) is 3.18. The standard InChI is InChI=1S/C24H21N3O6/c1-15-10-11-19-20(12-15)24(31)26(23(19)30)25(14-21(28)16-6-3-2-4-7-16)22(29)17-8-5-9-18(13-17)27(32)33/h2-10,13,19-20H,11-12,14H2,1H3/t19-,20-/m0/s1. The molecule has 1 aliphatic carbocycles. The normalized spacial score (nSPS) is 19.7. The largest absolute Gasteiger partial charge is 0.292 e. The average Bonchev–Trinajstić information content (AvgIpc) is 3.06. The molecule has 0 radical (unpaired) electrons. The number of imide groups is 1. The van der Waals surface area contributed by atoms with Gasteiger partial charge in [0, 0.05) is 23.3 Å². The number of hydrogen-bond donors (Lipinski definition) is 0. The van der Waals surface area contributed by atoms with Gasteiger partial charge < -0.3 is 0 Å². The van der Waals surface area contributed by atoms with Crippen molar-refractivity contribution in [1.29, 1.82) is 0 Å². The molecule has 4 rings (SSSR count). The van der Waals surface area contributed by atoms with E-state index in [2.05, 4.69) is 0 Å². The van der Waals surface area contributed by atoms with E-state index in [-0.39, 0.29) is 11.3 Å². The Kier molecular flexibility index (Phi) is 5.87. The van der Waals surface area contributed by atoms with Crippen molar-refractivity contribution in [2.24, 2.45) is 11.8 Å². The van der Waals surface area contributed by atoms with E-state index in [1.807, 2.05) is 13.0 Å². The monoisotopic (exact) mass is 447 g/mol. The second-order valence-corrected chi connectivity index (χ2v) is 8.15. The van der Waals surface area contributed by atoms with Gasteiger partial charge >= 0.3 is 0 Å². The molecule has 0 bridgehead atoms. The highest BCUT2D eigenvalue weighted by molar-refractivity contribution is 6.09. The van der Waals surface area contributed by atoms with E-state index in [0.29, 0.717) is 18.4 Å². The Balaban J connectivity index is 1.72. The van der Waals surface area contributed by atoms with Gasteiger partial charge in [0.2, 0.25) is 0 Å². The van der Waals surface area contributed by atoms with Crippen molar-refractivity contribution in [3.63, 3.8) is 0 Å². The van der Waals surface area contributed by atoms with Gasteiger partial charge in [-0.25, -0.2) is 5.01 Å². The zero-order chi connectivity index (χ0) is 23.7. The number of nitro benzene ring substituents is 1. The summed E-state index contributed by atoms with van der Waals surface area (Å²) in [6, 6.07) is 13.2. The molecule has 0 saturated carbocycles. The number of benzene rings is 2. The van der Waals surface area contributed by atoms with Gasteiger partial charge in [-0.05, 0) is 25.8 Å². The van der Waals surface area contributed by atoms with Crippen molar-refractivity contribution in [3.05, 3.63) is 87.5 Å². The molecule has 1 fully saturated rings. The lowest BCUT2D eigenvalue weighted by molar-refractivity contribution is -0.384. The van der Waals surface area contributed by atoms with Crippen LogP contribution < -0.4 is 0 Å². The van der Waals surface area contributed by atoms with Gasteiger partial charge in [-0.2, -0.15) is 5.01 Å². The van der Waals surface area contributed by atoms with Crippen molar-refractivity contribution in [3.8, 4) is 0 Å². The summed E-state index contributed by atoms with van der Waals surface area (Å²) in [5.74, 6) is -3.61. The van der Waals surface area contributed by atoms with Crippen LogP contribution in [0.15, 0.2) is 66.2 Å². The van der Waals surface area contributed by atoms with Crippen LogP contribution in [-0.2, 0) is 9.59 Å². The SMILES string of the molecule is CC1=CC[C@@H]2C(=O)N(N(CC(=O)c3ccccc3)C(=O)c3cccc([N+](=O)[O-])c3)C(=O)[C@H]2C1. The summed E-state index contributed by atoms with van der Waals surface area (Å²) in [6.07, 6.45) is 2.68. The Labute approximate surface area is 189 Å². The fourth-order valence-electron chi connectivity index (χ4n) is 4.24. The molecular formula is C24H21N3O6. The van der Waals surface area contributed by atoms with E-state index in [4.69, 9.17) is 0 Å². The number of rotatable bonds is 6. The van der Waals surface area contributed by atoms with Crippen LogP contribution in [0.3, 0.4) is 0 Å². The summed E-state index contributed by atoms with van der Waals surface area (Å²) >= 11 is 0. The van der Waals surface area contributed by atoms with E-state index in [1.54, 1.807) is 30.3 Å². The Morgan fingerprint density at radius 2 is 1.70 bits per heavy atom. The first-order valence-electron chi connectivity index (χ1n) is 10.5. The zero-order valence-electron chi connectivity index (χ0n) is 17.8. The topological polar surface area (TPSA) is 118 Å².